The van der Waals surface area contributed by atoms with Crippen LogP contribution in [0.25, 0.3) is 0 Å². The van der Waals surface area contributed by atoms with E-state index in [0.29, 0.717) is 13.0 Å². The number of benzene rings is 1. The standard InChI is InChI=1S/C13H19F3N2/c1-9(2)11(7-8-17)18-12-6-4-3-5-10(12)13(14,15)16/h3-6,9,11,18H,7-8,17H2,1-2H3. The van der Waals surface area contributed by atoms with Crippen LogP contribution in [-0.2, 0) is 6.18 Å². The first-order valence-corrected chi connectivity index (χ1v) is 5.99. The molecule has 1 atom stereocenters. The van der Waals surface area contributed by atoms with Gasteiger partial charge in [0.25, 0.3) is 0 Å². The van der Waals surface area contributed by atoms with Gasteiger partial charge >= 0.3 is 6.18 Å². The summed E-state index contributed by atoms with van der Waals surface area (Å²) >= 11 is 0. The number of anilines is 1. The van der Waals surface area contributed by atoms with E-state index in [1.54, 1.807) is 6.07 Å². The van der Waals surface area contributed by atoms with Crippen molar-refractivity contribution in [1.29, 1.82) is 0 Å². The van der Waals surface area contributed by atoms with Crippen molar-refractivity contribution in [1.82, 2.24) is 0 Å². The maximum atomic E-state index is 12.8. The van der Waals surface area contributed by atoms with Gasteiger partial charge in [0.2, 0.25) is 0 Å². The quantitative estimate of drug-likeness (QED) is 0.850. The molecule has 0 aliphatic heterocycles. The largest absolute Gasteiger partial charge is 0.418 e. The zero-order chi connectivity index (χ0) is 13.8. The molecule has 0 aliphatic rings. The lowest BCUT2D eigenvalue weighted by Gasteiger charge is -2.25. The molecule has 0 saturated carbocycles. The number of hydrogen-bond donors (Lipinski definition) is 2. The predicted octanol–water partition coefficient (Wildman–Crippen LogP) is 3.49. The van der Waals surface area contributed by atoms with Crippen molar-refractivity contribution in [3.63, 3.8) is 0 Å². The van der Waals surface area contributed by atoms with Crippen LogP contribution >= 0.6 is 0 Å². The molecule has 0 amide bonds. The number of nitrogens with one attached hydrogen (secondary N) is 1. The summed E-state index contributed by atoms with van der Waals surface area (Å²) in [5.74, 6) is 0.217. The molecule has 0 spiro atoms. The topological polar surface area (TPSA) is 38.0 Å². The second kappa shape index (κ2) is 6.09. The molecule has 2 nitrogen and oxygen atoms in total. The summed E-state index contributed by atoms with van der Waals surface area (Å²) in [5, 5.41) is 2.95. The van der Waals surface area contributed by atoms with Gasteiger partial charge in [-0.25, -0.2) is 0 Å². The Balaban J connectivity index is 2.96. The van der Waals surface area contributed by atoms with Gasteiger partial charge in [0, 0.05) is 11.7 Å². The first kappa shape index (κ1) is 14.8. The number of para-hydroxylation sites is 1. The molecule has 0 radical (unpaired) electrons. The van der Waals surface area contributed by atoms with E-state index in [-0.39, 0.29) is 17.6 Å². The van der Waals surface area contributed by atoms with Crippen molar-refractivity contribution in [3.05, 3.63) is 29.8 Å². The summed E-state index contributed by atoms with van der Waals surface area (Å²) in [6.45, 7) is 4.37. The molecule has 18 heavy (non-hydrogen) atoms. The van der Waals surface area contributed by atoms with Crippen LogP contribution in [0.4, 0.5) is 18.9 Å². The first-order valence-electron chi connectivity index (χ1n) is 5.99. The van der Waals surface area contributed by atoms with Crippen LogP contribution in [0.2, 0.25) is 0 Å². The Bertz CT molecular complexity index is 375. The van der Waals surface area contributed by atoms with Crippen LogP contribution in [0.3, 0.4) is 0 Å². The average Bonchev–Trinajstić information content (AvgIpc) is 2.27. The average molecular weight is 260 g/mol. The third kappa shape index (κ3) is 3.91. The van der Waals surface area contributed by atoms with E-state index in [1.807, 2.05) is 13.8 Å². The molecule has 3 N–H and O–H groups in total. The monoisotopic (exact) mass is 260 g/mol. The molecule has 0 aromatic heterocycles. The molecule has 0 fully saturated rings. The number of nitrogens with two attached hydrogens (primary N) is 1. The highest BCUT2D eigenvalue weighted by Crippen LogP contribution is 2.35. The maximum absolute atomic E-state index is 12.8. The maximum Gasteiger partial charge on any atom is 0.418 e. The smallest absolute Gasteiger partial charge is 0.382 e. The van der Waals surface area contributed by atoms with Gasteiger partial charge < -0.3 is 11.1 Å². The number of rotatable bonds is 5. The second-order valence-corrected chi connectivity index (χ2v) is 4.62. The summed E-state index contributed by atoms with van der Waals surface area (Å²) in [6, 6.07) is 5.47. The van der Waals surface area contributed by atoms with Crippen LogP contribution in [0.15, 0.2) is 24.3 Å². The van der Waals surface area contributed by atoms with Crippen LogP contribution in [-0.4, -0.2) is 12.6 Å². The third-order valence-corrected chi connectivity index (χ3v) is 2.86. The Morgan fingerprint density at radius 1 is 1.22 bits per heavy atom. The molecule has 1 aromatic carbocycles. The van der Waals surface area contributed by atoms with Crippen molar-refractivity contribution in [2.24, 2.45) is 11.7 Å². The predicted molar refractivity (Wildman–Crippen MR) is 67.4 cm³/mol. The van der Waals surface area contributed by atoms with E-state index in [4.69, 9.17) is 5.73 Å². The highest BCUT2D eigenvalue weighted by atomic mass is 19.4. The van der Waals surface area contributed by atoms with E-state index in [0.717, 1.165) is 6.07 Å². The lowest BCUT2D eigenvalue weighted by molar-refractivity contribution is -0.137. The molecular formula is C13H19F3N2. The van der Waals surface area contributed by atoms with Crippen molar-refractivity contribution >= 4 is 5.69 Å². The fourth-order valence-electron chi connectivity index (χ4n) is 1.81. The van der Waals surface area contributed by atoms with Gasteiger partial charge in [-0.3, -0.25) is 0 Å². The normalized spacial score (nSPS) is 13.7. The molecule has 0 aliphatic carbocycles. The fraction of sp³-hybridized carbons (Fsp3) is 0.538. The lowest BCUT2D eigenvalue weighted by Crippen LogP contribution is -2.29. The minimum atomic E-state index is -4.34. The van der Waals surface area contributed by atoms with Gasteiger partial charge in [-0.15, -0.1) is 0 Å². The Morgan fingerprint density at radius 3 is 2.33 bits per heavy atom. The minimum absolute atomic E-state index is 0.0569. The van der Waals surface area contributed by atoms with Gasteiger partial charge in [-0.1, -0.05) is 26.0 Å². The Morgan fingerprint density at radius 2 is 1.83 bits per heavy atom. The molecule has 5 heteroatoms. The van der Waals surface area contributed by atoms with Crippen molar-refractivity contribution in [2.75, 3.05) is 11.9 Å². The van der Waals surface area contributed by atoms with Crippen LogP contribution in [0.1, 0.15) is 25.8 Å². The summed E-state index contributed by atoms with van der Waals surface area (Å²) in [5.41, 5.74) is 4.97. The fourth-order valence-corrected chi connectivity index (χ4v) is 1.81. The zero-order valence-electron chi connectivity index (χ0n) is 10.6. The van der Waals surface area contributed by atoms with Crippen molar-refractivity contribution < 1.29 is 13.2 Å². The molecule has 102 valence electrons. The first-order chi connectivity index (χ1) is 8.36. The Hall–Kier alpha value is -1.23. The van der Waals surface area contributed by atoms with E-state index >= 15 is 0 Å². The van der Waals surface area contributed by atoms with Crippen molar-refractivity contribution in [3.8, 4) is 0 Å². The highest BCUT2D eigenvalue weighted by Gasteiger charge is 2.33. The number of hydrogen-bond acceptors (Lipinski definition) is 2. The number of alkyl halides is 3. The molecule has 0 heterocycles. The van der Waals surface area contributed by atoms with Gasteiger partial charge in [0.15, 0.2) is 0 Å². The molecule has 1 unspecified atom stereocenters. The van der Waals surface area contributed by atoms with Gasteiger partial charge in [-0.05, 0) is 31.0 Å². The van der Waals surface area contributed by atoms with Gasteiger partial charge in [0.1, 0.15) is 0 Å². The van der Waals surface area contributed by atoms with Gasteiger partial charge in [-0.2, -0.15) is 13.2 Å². The Labute approximate surface area is 105 Å². The molecule has 0 bridgehead atoms. The van der Waals surface area contributed by atoms with E-state index in [2.05, 4.69) is 5.32 Å². The SMILES string of the molecule is CC(C)C(CCN)Nc1ccccc1C(F)(F)F. The highest BCUT2D eigenvalue weighted by molar-refractivity contribution is 5.53. The molecular weight excluding hydrogens is 241 g/mol. The van der Waals surface area contributed by atoms with E-state index in [9.17, 15) is 13.2 Å². The molecule has 1 rings (SSSR count). The zero-order valence-corrected chi connectivity index (χ0v) is 10.6. The van der Waals surface area contributed by atoms with E-state index < -0.39 is 11.7 Å². The van der Waals surface area contributed by atoms with Gasteiger partial charge in [0.05, 0.1) is 5.56 Å². The second-order valence-electron chi connectivity index (χ2n) is 4.62. The minimum Gasteiger partial charge on any atom is -0.382 e. The Kier molecular flexibility index (Phi) is 5.02. The van der Waals surface area contributed by atoms with Crippen LogP contribution < -0.4 is 11.1 Å². The lowest BCUT2D eigenvalue weighted by atomic mass is 10.00. The summed E-state index contributed by atoms with van der Waals surface area (Å²) in [6.07, 6.45) is -3.70. The van der Waals surface area contributed by atoms with Crippen LogP contribution in [0.5, 0.6) is 0 Å². The third-order valence-electron chi connectivity index (χ3n) is 2.86. The van der Waals surface area contributed by atoms with E-state index in [1.165, 1.54) is 12.1 Å². The molecule has 0 saturated heterocycles. The summed E-state index contributed by atoms with van der Waals surface area (Å²) in [4.78, 5) is 0. The van der Waals surface area contributed by atoms with Crippen LogP contribution in [0, 0.1) is 5.92 Å². The summed E-state index contributed by atoms with van der Waals surface area (Å²) in [7, 11) is 0. The summed E-state index contributed by atoms with van der Waals surface area (Å²) < 4.78 is 38.5. The number of halogens is 3. The van der Waals surface area contributed by atoms with Crippen molar-refractivity contribution in [2.45, 2.75) is 32.5 Å². The molecule has 1 aromatic rings.